The summed E-state index contributed by atoms with van der Waals surface area (Å²) in [6.45, 7) is 7.28. The van der Waals surface area contributed by atoms with Gasteiger partial charge in [-0.05, 0) is 37.8 Å². The normalized spacial score (nSPS) is 17.7. The highest BCUT2D eigenvalue weighted by atomic mass is 16.4. The average molecular weight is 327 g/mol. The first-order valence-corrected chi connectivity index (χ1v) is 8.73. The summed E-state index contributed by atoms with van der Waals surface area (Å²) >= 11 is 0. The standard InChI is InChI=1S/C19H25N3O2/c1-13(2)16-5-4-12-22(16)18(23)11-10-17-20-21-19(24-17)15-8-6-14(3)7-9-15/h6-9,13,16H,4-5,10-12H2,1-3H3/t16-/m1/s1. The number of benzene rings is 1. The van der Waals surface area contributed by atoms with E-state index in [-0.39, 0.29) is 5.91 Å². The monoisotopic (exact) mass is 327 g/mol. The molecule has 5 nitrogen and oxygen atoms in total. The maximum absolute atomic E-state index is 12.5. The lowest BCUT2D eigenvalue weighted by molar-refractivity contribution is -0.132. The molecule has 0 radical (unpaired) electrons. The third kappa shape index (κ3) is 3.66. The summed E-state index contributed by atoms with van der Waals surface area (Å²) in [4.78, 5) is 14.5. The molecule has 1 aromatic heterocycles. The lowest BCUT2D eigenvalue weighted by Crippen LogP contribution is -2.38. The number of amides is 1. The third-order valence-corrected chi connectivity index (χ3v) is 4.71. The van der Waals surface area contributed by atoms with Crippen molar-refractivity contribution in [3.05, 3.63) is 35.7 Å². The van der Waals surface area contributed by atoms with Crippen molar-refractivity contribution in [3.63, 3.8) is 0 Å². The van der Waals surface area contributed by atoms with E-state index in [0.717, 1.165) is 24.9 Å². The zero-order valence-corrected chi connectivity index (χ0v) is 14.7. The number of hydrogen-bond donors (Lipinski definition) is 0. The molecule has 3 rings (SSSR count). The van der Waals surface area contributed by atoms with Crippen LogP contribution in [-0.2, 0) is 11.2 Å². The van der Waals surface area contributed by atoms with Crippen LogP contribution in [0, 0.1) is 12.8 Å². The van der Waals surface area contributed by atoms with Crippen LogP contribution in [0.5, 0.6) is 0 Å². The average Bonchev–Trinajstić information content (AvgIpc) is 3.22. The molecule has 1 fully saturated rings. The Morgan fingerprint density at radius 2 is 2.04 bits per heavy atom. The van der Waals surface area contributed by atoms with E-state index in [1.54, 1.807) is 0 Å². The highest BCUT2D eigenvalue weighted by molar-refractivity contribution is 5.77. The quantitative estimate of drug-likeness (QED) is 0.841. The Balaban J connectivity index is 1.59. The molecule has 1 aliphatic heterocycles. The third-order valence-electron chi connectivity index (χ3n) is 4.71. The molecule has 0 N–H and O–H groups in total. The first kappa shape index (κ1) is 16.7. The zero-order chi connectivity index (χ0) is 17.1. The number of hydrogen-bond acceptors (Lipinski definition) is 4. The minimum absolute atomic E-state index is 0.196. The molecule has 0 spiro atoms. The van der Waals surface area contributed by atoms with Crippen LogP contribution in [0.3, 0.4) is 0 Å². The van der Waals surface area contributed by atoms with Gasteiger partial charge in [0, 0.05) is 31.0 Å². The van der Waals surface area contributed by atoms with Crippen molar-refractivity contribution in [3.8, 4) is 11.5 Å². The summed E-state index contributed by atoms with van der Waals surface area (Å²) < 4.78 is 5.70. The Morgan fingerprint density at radius 1 is 1.29 bits per heavy atom. The molecule has 0 aliphatic carbocycles. The second-order valence-corrected chi connectivity index (χ2v) is 6.91. The van der Waals surface area contributed by atoms with E-state index >= 15 is 0 Å². The predicted octanol–water partition coefficient (Wildman–Crippen LogP) is 3.62. The van der Waals surface area contributed by atoms with Crippen LogP contribution in [0.15, 0.2) is 28.7 Å². The molecule has 5 heteroatoms. The van der Waals surface area contributed by atoms with Crippen molar-refractivity contribution in [2.24, 2.45) is 5.92 Å². The van der Waals surface area contributed by atoms with Gasteiger partial charge in [0.05, 0.1) is 0 Å². The maximum Gasteiger partial charge on any atom is 0.247 e. The molecule has 2 aromatic rings. The van der Waals surface area contributed by atoms with Crippen molar-refractivity contribution in [1.29, 1.82) is 0 Å². The lowest BCUT2D eigenvalue weighted by atomic mass is 10.0. The molecule has 1 atom stereocenters. The molecule has 1 saturated heterocycles. The Morgan fingerprint density at radius 3 is 2.75 bits per heavy atom. The minimum atomic E-state index is 0.196. The summed E-state index contributed by atoms with van der Waals surface area (Å²) in [7, 11) is 0. The van der Waals surface area contributed by atoms with Crippen molar-refractivity contribution in [2.75, 3.05) is 6.54 Å². The van der Waals surface area contributed by atoms with Crippen molar-refractivity contribution >= 4 is 5.91 Å². The number of rotatable bonds is 5. The molecule has 0 unspecified atom stereocenters. The first-order valence-electron chi connectivity index (χ1n) is 8.73. The Bertz CT molecular complexity index is 691. The number of nitrogens with zero attached hydrogens (tertiary/aromatic N) is 3. The molecule has 1 aromatic carbocycles. The molecule has 128 valence electrons. The SMILES string of the molecule is Cc1ccc(-c2nnc(CCC(=O)N3CCC[C@@H]3C(C)C)o2)cc1. The van der Waals surface area contributed by atoms with Gasteiger partial charge in [-0.3, -0.25) is 4.79 Å². The van der Waals surface area contributed by atoms with Crippen LogP contribution in [0.25, 0.3) is 11.5 Å². The van der Waals surface area contributed by atoms with E-state index in [1.807, 2.05) is 36.1 Å². The maximum atomic E-state index is 12.5. The highest BCUT2D eigenvalue weighted by Crippen LogP contribution is 2.25. The van der Waals surface area contributed by atoms with Crippen LogP contribution >= 0.6 is 0 Å². The van der Waals surface area contributed by atoms with E-state index in [0.29, 0.717) is 36.6 Å². The molecule has 1 aliphatic rings. The van der Waals surface area contributed by atoms with Gasteiger partial charge in [-0.15, -0.1) is 10.2 Å². The summed E-state index contributed by atoms with van der Waals surface area (Å²) in [6.07, 6.45) is 3.14. The second kappa shape index (κ2) is 7.16. The molecular weight excluding hydrogens is 302 g/mol. The smallest absolute Gasteiger partial charge is 0.247 e. The Labute approximate surface area is 143 Å². The number of carbonyl (C=O) groups is 1. The topological polar surface area (TPSA) is 59.2 Å². The van der Waals surface area contributed by atoms with Crippen molar-refractivity contribution < 1.29 is 9.21 Å². The van der Waals surface area contributed by atoms with Crippen molar-refractivity contribution in [2.45, 2.75) is 52.5 Å². The fourth-order valence-electron chi connectivity index (χ4n) is 3.32. The highest BCUT2D eigenvalue weighted by Gasteiger charge is 2.30. The number of aryl methyl sites for hydroxylation is 2. The van der Waals surface area contributed by atoms with Crippen LogP contribution in [0.4, 0.5) is 0 Å². The molecule has 1 amide bonds. The summed E-state index contributed by atoms with van der Waals surface area (Å²) in [5, 5.41) is 8.17. The molecule has 0 bridgehead atoms. The number of carbonyl (C=O) groups excluding carboxylic acids is 1. The van der Waals surface area contributed by atoms with E-state index in [1.165, 1.54) is 5.56 Å². The van der Waals surface area contributed by atoms with E-state index in [2.05, 4.69) is 24.0 Å². The Hall–Kier alpha value is -2.17. The van der Waals surface area contributed by atoms with Crippen molar-refractivity contribution in [1.82, 2.24) is 15.1 Å². The fraction of sp³-hybridized carbons (Fsp3) is 0.526. The Kier molecular flexibility index (Phi) is 4.97. The van der Waals surface area contributed by atoms with Crippen LogP contribution in [0.2, 0.25) is 0 Å². The number of aromatic nitrogens is 2. The van der Waals surface area contributed by atoms with Gasteiger partial charge in [0.25, 0.3) is 0 Å². The van der Waals surface area contributed by atoms with Gasteiger partial charge in [0.2, 0.25) is 17.7 Å². The summed E-state index contributed by atoms with van der Waals surface area (Å²) in [5.74, 6) is 1.74. The van der Waals surface area contributed by atoms with E-state index in [9.17, 15) is 4.79 Å². The number of likely N-dealkylation sites (tertiary alicyclic amines) is 1. The largest absolute Gasteiger partial charge is 0.421 e. The molecular formula is C19H25N3O2. The second-order valence-electron chi connectivity index (χ2n) is 6.91. The van der Waals surface area contributed by atoms with Crippen LogP contribution < -0.4 is 0 Å². The zero-order valence-electron chi connectivity index (χ0n) is 14.7. The van der Waals surface area contributed by atoms with Gasteiger partial charge in [0.1, 0.15) is 0 Å². The van der Waals surface area contributed by atoms with E-state index in [4.69, 9.17) is 4.42 Å². The van der Waals surface area contributed by atoms with Gasteiger partial charge in [0.15, 0.2) is 0 Å². The molecule has 24 heavy (non-hydrogen) atoms. The van der Waals surface area contributed by atoms with Gasteiger partial charge < -0.3 is 9.32 Å². The van der Waals surface area contributed by atoms with E-state index < -0.39 is 0 Å². The molecule has 0 saturated carbocycles. The first-order chi connectivity index (χ1) is 11.5. The molecule has 2 heterocycles. The predicted molar refractivity (Wildman–Crippen MR) is 92.4 cm³/mol. The van der Waals surface area contributed by atoms with Gasteiger partial charge >= 0.3 is 0 Å². The fourth-order valence-corrected chi connectivity index (χ4v) is 3.32. The van der Waals surface area contributed by atoms with Crippen LogP contribution in [-0.4, -0.2) is 33.6 Å². The van der Waals surface area contributed by atoms with Crippen LogP contribution in [0.1, 0.15) is 44.6 Å². The van der Waals surface area contributed by atoms with Gasteiger partial charge in [-0.25, -0.2) is 0 Å². The summed E-state index contributed by atoms with van der Waals surface area (Å²) in [5.41, 5.74) is 2.10. The van der Waals surface area contributed by atoms with Gasteiger partial charge in [-0.1, -0.05) is 31.5 Å². The minimum Gasteiger partial charge on any atom is -0.421 e. The van der Waals surface area contributed by atoms with Gasteiger partial charge in [-0.2, -0.15) is 0 Å². The lowest BCUT2D eigenvalue weighted by Gasteiger charge is -2.27. The summed E-state index contributed by atoms with van der Waals surface area (Å²) in [6, 6.07) is 8.35.